The first kappa shape index (κ1) is 10.8. The number of halogens is 3. The summed E-state index contributed by atoms with van der Waals surface area (Å²) in [5.74, 6) is -2.96. The van der Waals surface area contributed by atoms with Gasteiger partial charge in [-0.15, -0.1) is 0 Å². The fourth-order valence-corrected chi connectivity index (χ4v) is 1.47. The molecule has 0 aliphatic heterocycles. The summed E-state index contributed by atoms with van der Waals surface area (Å²) >= 11 is 2.75. The standard InChI is InChI=1S/C7H4BrF2NO3/c1-14-4-2-3(9)6(10)7(5(4)8)11(12)13/h2H,1H3. The molecule has 0 aliphatic carbocycles. The molecule has 0 atom stereocenters. The van der Waals surface area contributed by atoms with E-state index in [1.165, 1.54) is 7.11 Å². The summed E-state index contributed by atoms with van der Waals surface area (Å²) in [5, 5.41) is 10.4. The Bertz CT molecular complexity index is 397. The summed E-state index contributed by atoms with van der Waals surface area (Å²) in [6, 6.07) is 0.729. The fraction of sp³-hybridized carbons (Fsp3) is 0.143. The highest BCUT2D eigenvalue weighted by Gasteiger charge is 2.26. The van der Waals surface area contributed by atoms with Gasteiger partial charge < -0.3 is 4.74 Å². The molecule has 1 rings (SSSR count). The summed E-state index contributed by atoms with van der Waals surface area (Å²) in [7, 11) is 1.20. The first-order valence-electron chi connectivity index (χ1n) is 3.35. The minimum absolute atomic E-state index is 0.129. The third kappa shape index (κ3) is 1.67. The van der Waals surface area contributed by atoms with Crippen LogP contribution in [0.25, 0.3) is 0 Å². The van der Waals surface area contributed by atoms with Crippen molar-refractivity contribution >= 4 is 21.6 Å². The smallest absolute Gasteiger partial charge is 0.325 e. The second-order valence-electron chi connectivity index (χ2n) is 2.29. The molecular formula is C7H4BrF2NO3. The van der Waals surface area contributed by atoms with E-state index in [0.29, 0.717) is 0 Å². The van der Waals surface area contributed by atoms with E-state index < -0.39 is 22.2 Å². The highest BCUT2D eigenvalue weighted by atomic mass is 79.9. The Hall–Kier alpha value is -1.24. The minimum Gasteiger partial charge on any atom is -0.495 e. The van der Waals surface area contributed by atoms with Crippen molar-refractivity contribution in [3.63, 3.8) is 0 Å². The molecule has 14 heavy (non-hydrogen) atoms. The summed E-state index contributed by atoms with van der Waals surface area (Å²) in [4.78, 5) is 9.35. The number of nitro groups is 1. The third-order valence-corrected chi connectivity index (χ3v) is 2.27. The van der Waals surface area contributed by atoms with E-state index in [9.17, 15) is 18.9 Å². The van der Waals surface area contributed by atoms with Gasteiger partial charge in [-0.1, -0.05) is 0 Å². The lowest BCUT2D eigenvalue weighted by molar-refractivity contribution is -0.388. The Morgan fingerprint density at radius 3 is 2.57 bits per heavy atom. The van der Waals surface area contributed by atoms with Crippen LogP contribution >= 0.6 is 15.9 Å². The number of benzene rings is 1. The van der Waals surface area contributed by atoms with Crippen LogP contribution < -0.4 is 4.74 Å². The molecule has 0 aromatic heterocycles. The molecule has 0 amide bonds. The molecular weight excluding hydrogens is 264 g/mol. The SMILES string of the molecule is COc1cc(F)c(F)c([N+](=O)[O-])c1Br. The van der Waals surface area contributed by atoms with E-state index in [4.69, 9.17) is 0 Å². The number of nitrogens with zero attached hydrogens (tertiary/aromatic N) is 1. The summed E-state index contributed by atoms with van der Waals surface area (Å²) in [5.41, 5.74) is -0.971. The lowest BCUT2D eigenvalue weighted by Crippen LogP contribution is -1.99. The van der Waals surface area contributed by atoms with E-state index >= 15 is 0 Å². The van der Waals surface area contributed by atoms with Crippen molar-refractivity contribution in [2.75, 3.05) is 7.11 Å². The molecule has 0 heterocycles. The summed E-state index contributed by atoms with van der Waals surface area (Å²) in [6.45, 7) is 0. The topological polar surface area (TPSA) is 52.4 Å². The van der Waals surface area contributed by atoms with Crippen molar-refractivity contribution in [2.24, 2.45) is 0 Å². The van der Waals surface area contributed by atoms with Gasteiger partial charge in [0.15, 0.2) is 5.82 Å². The highest BCUT2D eigenvalue weighted by Crippen LogP contribution is 2.37. The Morgan fingerprint density at radius 1 is 1.57 bits per heavy atom. The largest absolute Gasteiger partial charge is 0.495 e. The van der Waals surface area contributed by atoms with E-state index in [0.717, 1.165) is 6.07 Å². The highest BCUT2D eigenvalue weighted by molar-refractivity contribution is 9.10. The van der Waals surface area contributed by atoms with Crippen LogP contribution in [0.3, 0.4) is 0 Å². The van der Waals surface area contributed by atoms with Gasteiger partial charge in [-0.2, -0.15) is 4.39 Å². The number of rotatable bonds is 2. The van der Waals surface area contributed by atoms with Crippen LogP contribution in [0.2, 0.25) is 0 Å². The maximum atomic E-state index is 12.9. The predicted octanol–water partition coefficient (Wildman–Crippen LogP) is 2.64. The fourth-order valence-electron chi connectivity index (χ4n) is 0.877. The van der Waals surface area contributed by atoms with Crippen molar-refractivity contribution in [1.82, 2.24) is 0 Å². The molecule has 1 aromatic rings. The molecule has 0 spiro atoms. The zero-order valence-electron chi connectivity index (χ0n) is 6.88. The number of methoxy groups -OCH3 is 1. The van der Waals surface area contributed by atoms with Crippen LogP contribution in [0, 0.1) is 21.7 Å². The van der Waals surface area contributed by atoms with Gasteiger partial charge in [-0.05, 0) is 15.9 Å². The molecule has 0 aliphatic rings. The maximum absolute atomic E-state index is 12.9. The Morgan fingerprint density at radius 2 is 2.14 bits per heavy atom. The zero-order valence-corrected chi connectivity index (χ0v) is 8.47. The molecule has 4 nitrogen and oxygen atoms in total. The van der Waals surface area contributed by atoms with Gasteiger partial charge in [0.2, 0.25) is 5.82 Å². The van der Waals surface area contributed by atoms with E-state index in [1.807, 2.05) is 0 Å². The van der Waals surface area contributed by atoms with E-state index in [1.54, 1.807) is 0 Å². The molecule has 7 heteroatoms. The van der Waals surface area contributed by atoms with Gasteiger partial charge >= 0.3 is 5.69 Å². The average molecular weight is 268 g/mol. The summed E-state index contributed by atoms with van der Waals surface area (Å²) in [6.07, 6.45) is 0. The zero-order chi connectivity index (χ0) is 10.9. The van der Waals surface area contributed by atoms with Crippen LogP contribution in [-0.2, 0) is 0 Å². The number of hydrogen-bond donors (Lipinski definition) is 0. The minimum atomic E-state index is -1.51. The van der Waals surface area contributed by atoms with Crippen LogP contribution in [0.4, 0.5) is 14.5 Å². The van der Waals surface area contributed by atoms with Crippen LogP contribution in [-0.4, -0.2) is 12.0 Å². The second kappa shape index (κ2) is 3.87. The molecule has 0 fully saturated rings. The summed E-state index contributed by atoms with van der Waals surface area (Å²) < 4.78 is 30.1. The lowest BCUT2D eigenvalue weighted by atomic mass is 10.3. The molecule has 0 unspecified atom stereocenters. The average Bonchev–Trinajstić information content (AvgIpc) is 2.11. The predicted molar refractivity (Wildman–Crippen MR) is 47.3 cm³/mol. The molecule has 1 aromatic carbocycles. The van der Waals surface area contributed by atoms with Crippen molar-refractivity contribution in [3.8, 4) is 5.75 Å². The van der Waals surface area contributed by atoms with Crippen LogP contribution in [0.15, 0.2) is 10.5 Å². The van der Waals surface area contributed by atoms with E-state index in [-0.39, 0.29) is 10.2 Å². The number of nitro benzene ring substituents is 1. The maximum Gasteiger partial charge on any atom is 0.325 e. The molecule has 0 saturated heterocycles. The monoisotopic (exact) mass is 267 g/mol. The first-order valence-corrected chi connectivity index (χ1v) is 4.14. The van der Waals surface area contributed by atoms with Gasteiger partial charge in [-0.3, -0.25) is 10.1 Å². The molecule has 0 N–H and O–H groups in total. The van der Waals surface area contributed by atoms with Crippen molar-refractivity contribution < 1.29 is 18.4 Å². The van der Waals surface area contributed by atoms with Crippen molar-refractivity contribution in [1.29, 1.82) is 0 Å². The first-order chi connectivity index (χ1) is 6.49. The van der Waals surface area contributed by atoms with Crippen LogP contribution in [0.1, 0.15) is 0 Å². The van der Waals surface area contributed by atoms with Crippen molar-refractivity contribution in [3.05, 3.63) is 32.3 Å². The van der Waals surface area contributed by atoms with Gasteiger partial charge in [0, 0.05) is 6.07 Å². The van der Waals surface area contributed by atoms with Gasteiger partial charge in [0.05, 0.1) is 12.0 Å². The third-order valence-electron chi connectivity index (χ3n) is 1.50. The van der Waals surface area contributed by atoms with Crippen molar-refractivity contribution in [2.45, 2.75) is 0 Å². The normalized spacial score (nSPS) is 10.0. The number of ether oxygens (including phenoxy) is 1. The molecule has 0 bridgehead atoms. The molecule has 0 saturated carbocycles. The second-order valence-corrected chi connectivity index (χ2v) is 3.09. The Kier molecular flexibility index (Phi) is 3.00. The Balaban J connectivity index is 3.53. The van der Waals surface area contributed by atoms with Crippen LogP contribution in [0.5, 0.6) is 5.75 Å². The quantitative estimate of drug-likeness (QED) is 0.470. The van der Waals surface area contributed by atoms with Gasteiger partial charge in [0.1, 0.15) is 10.2 Å². The molecule has 0 radical (unpaired) electrons. The van der Waals surface area contributed by atoms with Gasteiger partial charge in [0.25, 0.3) is 0 Å². The lowest BCUT2D eigenvalue weighted by Gasteiger charge is -2.04. The van der Waals surface area contributed by atoms with Gasteiger partial charge in [-0.25, -0.2) is 4.39 Å². The molecule has 76 valence electrons. The Labute approximate surface area is 85.8 Å². The van der Waals surface area contributed by atoms with E-state index in [2.05, 4.69) is 20.7 Å². The number of hydrogen-bond acceptors (Lipinski definition) is 3.